The molecule has 9 heteroatoms. The van der Waals surface area contributed by atoms with Crippen molar-refractivity contribution in [3.63, 3.8) is 0 Å². The molecule has 9 nitrogen and oxygen atoms in total. The van der Waals surface area contributed by atoms with Crippen LogP contribution in [0.1, 0.15) is 12.0 Å². The number of rotatable bonds is 10. The Balaban J connectivity index is 1.33. The Morgan fingerprint density at radius 3 is 2.63 bits per heavy atom. The third-order valence-electron chi connectivity index (χ3n) is 6.26. The van der Waals surface area contributed by atoms with Crippen LogP contribution in [0.5, 0.6) is 23.0 Å². The third-order valence-corrected chi connectivity index (χ3v) is 6.26. The molecule has 1 aliphatic rings. The minimum absolute atomic E-state index is 0.425. The summed E-state index contributed by atoms with van der Waals surface area (Å²) in [6.07, 6.45) is 5.80. The highest BCUT2D eigenvalue weighted by molar-refractivity contribution is 5.99. The van der Waals surface area contributed by atoms with E-state index in [0.717, 1.165) is 50.3 Å². The number of benzene rings is 2. The zero-order valence-corrected chi connectivity index (χ0v) is 21.2. The topological polar surface area (TPSA) is 102 Å². The highest BCUT2D eigenvalue weighted by atomic mass is 16.5. The number of hydrogen-bond acceptors (Lipinski definition) is 9. The first-order valence-electron chi connectivity index (χ1n) is 12.5. The van der Waals surface area contributed by atoms with Crippen molar-refractivity contribution in [3.05, 3.63) is 72.7 Å². The number of aromatic nitrogens is 2. The van der Waals surface area contributed by atoms with Crippen LogP contribution in [0, 0.1) is 11.3 Å². The second kappa shape index (κ2) is 12.2. The van der Waals surface area contributed by atoms with E-state index >= 15 is 0 Å². The van der Waals surface area contributed by atoms with E-state index in [0.29, 0.717) is 46.4 Å². The van der Waals surface area contributed by atoms with Crippen LogP contribution >= 0.6 is 0 Å². The molecule has 1 aliphatic heterocycles. The predicted octanol–water partition coefficient (Wildman–Crippen LogP) is 5.15. The van der Waals surface area contributed by atoms with E-state index in [4.69, 9.17) is 18.9 Å². The molecular formula is C29H29N5O4. The SMILES string of the molecule is COc1c(OCCCN2CCOCC2)ccc2c(Nc3ccc(Oc4cccnc4)cc3)c(C#N)cnc12. The van der Waals surface area contributed by atoms with Crippen LogP contribution in [0.3, 0.4) is 0 Å². The van der Waals surface area contributed by atoms with Crippen molar-refractivity contribution in [1.82, 2.24) is 14.9 Å². The van der Waals surface area contributed by atoms with Crippen LogP contribution in [0.15, 0.2) is 67.1 Å². The number of nitrogens with one attached hydrogen (secondary N) is 1. The number of anilines is 2. The van der Waals surface area contributed by atoms with Crippen molar-refractivity contribution in [2.75, 3.05) is 51.9 Å². The molecule has 194 valence electrons. The van der Waals surface area contributed by atoms with Gasteiger partial charge in [-0.1, -0.05) is 0 Å². The molecule has 4 aromatic rings. The average molecular weight is 512 g/mol. The normalized spacial score (nSPS) is 13.6. The summed E-state index contributed by atoms with van der Waals surface area (Å²) in [7, 11) is 1.60. The standard InChI is InChI=1S/C29H29N5O4/c1-35-29-26(37-15-3-12-34-13-16-36-17-14-34)10-9-25-27(21(18-30)19-32-28(25)29)33-22-5-7-23(8-6-22)38-24-4-2-11-31-20-24/h2,4-11,19-20H,3,12-17H2,1H3,(H,32,33). The molecule has 3 heterocycles. The van der Waals surface area contributed by atoms with Gasteiger partial charge in [-0.25, -0.2) is 0 Å². The molecule has 1 saturated heterocycles. The van der Waals surface area contributed by atoms with Gasteiger partial charge in [0.15, 0.2) is 11.5 Å². The van der Waals surface area contributed by atoms with Crippen molar-refractivity contribution in [2.45, 2.75) is 6.42 Å². The minimum atomic E-state index is 0.425. The molecule has 0 bridgehead atoms. The highest BCUT2D eigenvalue weighted by Gasteiger charge is 2.17. The van der Waals surface area contributed by atoms with Gasteiger partial charge in [-0.3, -0.25) is 14.9 Å². The van der Waals surface area contributed by atoms with Gasteiger partial charge in [0, 0.05) is 43.1 Å². The molecule has 1 N–H and O–H groups in total. The summed E-state index contributed by atoms with van der Waals surface area (Å²) in [6, 6.07) is 17.2. The fourth-order valence-electron chi connectivity index (χ4n) is 4.34. The number of methoxy groups -OCH3 is 1. The second-order valence-electron chi connectivity index (χ2n) is 8.75. The summed E-state index contributed by atoms with van der Waals surface area (Å²) in [4.78, 5) is 11.0. The zero-order valence-electron chi connectivity index (χ0n) is 21.2. The van der Waals surface area contributed by atoms with Gasteiger partial charge in [0.2, 0.25) is 0 Å². The van der Waals surface area contributed by atoms with Crippen LogP contribution in [-0.4, -0.2) is 61.4 Å². The summed E-state index contributed by atoms with van der Waals surface area (Å²) < 4.78 is 23.0. The molecule has 0 atom stereocenters. The summed E-state index contributed by atoms with van der Waals surface area (Å²) in [5.41, 5.74) is 2.50. The van der Waals surface area contributed by atoms with Crippen molar-refractivity contribution >= 4 is 22.3 Å². The molecule has 2 aromatic heterocycles. The van der Waals surface area contributed by atoms with Gasteiger partial charge < -0.3 is 24.3 Å². The molecule has 5 rings (SSSR count). The second-order valence-corrected chi connectivity index (χ2v) is 8.75. The quantitative estimate of drug-likeness (QED) is 0.290. The van der Waals surface area contributed by atoms with Gasteiger partial charge in [-0.2, -0.15) is 5.26 Å². The molecule has 0 radical (unpaired) electrons. The highest BCUT2D eigenvalue weighted by Crippen LogP contribution is 2.39. The number of morpholine rings is 1. The van der Waals surface area contributed by atoms with Gasteiger partial charge in [0.1, 0.15) is 23.1 Å². The van der Waals surface area contributed by atoms with Crippen molar-refractivity contribution in [3.8, 4) is 29.1 Å². The van der Waals surface area contributed by atoms with E-state index < -0.39 is 0 Å². The van der Waals surface area contributed by atoms with Gasteiger partial charge in [-0.05, 0) is 55.0 Å². The Labute approximate surface area is 221 Å². The predicted molar refractivity (Wildman–Crippen MR) is 144 cm³/mol. The lowest BCUT2D eigenvalue weighted by Crippen LogP contribution is -2.37. The molecule has 0 amide bonds. The maximum atomic E-state index is 9.77. The lowest BCUT2D eigenvalue weighted by atomic mass is 10.1. The Bertz CT molecular complexity index is 1400. The largest absolute Gasteiger partial charge is 0.491 e. The van der Waals surface area contributed by atoms with E-state index in [1.165, 1.54) is 0 Å². The number of nitrogens with zero attached hydrogens (tertiary/aromatic N) is 4. The molecule has 0 saturated carbocycles. The molecule has 38 heavy (non-hydrogen) atoms. The molecule has 1 fully saturated rings. The molecule has 0 spiro atoms. The number of fused-ring (bicyclic) bond motifs is 1. The lowest BCUT2D eigenvalue weighted by Gasteiger charge is -2.26. The Kier molecular flexibility index (Phi) is 8.13. The summed E-state index contributed by atoms with van der Waals surface area (Å²) >= 11 is 0. The average Bonchev–Trinajstić information content (AvgIpc) is 2.97. The molecule has 0 unspecified atom stereocenters. The first-order chi connectivity index (χ1) is 18.7. The van der Waals surface area contributed by atoms with Crippen LogP contribution < -0.4 is 19.5 Å². The minimum Gasteiger partial charge on any atom is -0.491 e. The molecule has 2 aromatic carbocycles. The summed E-state index contributed by atoms with van der Waals surface area (Å²) in [5.74, 6) is 2.51. The third kappa shape index (κ3) is 5.94. The van der Waals surface area contributed by atoms with Crippen LogP contribution in [0.4, 0.5) is 11.4 Å². The number of hydrogen-bond donors (Lipinski definition) is 1. The first kappa shape index (κ1) is 25.3. The van der Waals surface area contributed by atoms with Crippen LogP contribution in [0.25, 0.3) is 10.9 Å². The van der Waals surface area contributed by atoms with E-state index in [1.54, 1.807) is 25.7 Å². The van der Waals surface area contributed by atoms with Crippen molar-refractivity contribution in [1.29, 1.82) is 5.26 Å². The molecule has 0 aliphatic carbocycles. The summed E-state index contributed by atoms with van der Waals surface area (Å²) in [6.45, 7) is 5.02. The van der Waals surface area contributed by atoms with E-state index in [9.17, 15) is 5.26 Å². The zero-order chi connectivity index (χ0) is 26.2. The maximum absolute atomic E-state index is 9.77. The summed E-state index contributed by atoms with van der Waals surface area (Å²) in [5, 5.41) is 13.9. The smallest absolute Gasteiger partial charge is 0.187 e. The first-order valence-corrected chi connectivity index (χ1v) is 12.5. The van der Waals surface area contributed by atoms with Gasteiger partial charge >= 0.3 is 0 Å². The fourth-order valence-corrected chi connectivity index (χ4v) is 4.34. The number of nitriles is 1. The van der Waals surface area contributed by atoms with Crippen molar-refractivity contribution in [2.24, 2.45) is 0 Å². The van der Waals surface area contributed by atoms with E-state index in [2.05, 4.69) is 26.3 Å². The Morgan fingerprint density at radius 1 is 1.05 bits per heavy atom. The number of pyridine rings is 2. The fraction of sp³-hybridized carbons (Fsp3) is 0.276. The van der Waals surface area contributed by atoms with Gasteiger partial charge in [0.25, 0.3) is 0 Å². The maximum Gasteiger partial charge on any atom is 0.187 e. The Morgan fingerprint density at radius 2 is 1.89 bits per heavy atom. The van der Waals surface area contributed by atoms with Gasteiger partial charge in [-0.15, -0.1) is 0 Å². The lowest BCUT2D eigenvalue weighted by molar-refractivity contribution is 0.0357. The Hall–Kier alpha value is -4.39. The van der Waals surface area contributed by atoms with E-state index in [-0.39, 0.29) is 0 Å². The van der Waals surface area contributed by atoms with Crippen molar-refractivity contribution < 1.29 is 18.9 Å². The monoisotopic (exact) mass is 511 g/mol. The van der Waals surface area contributed by atoms with Gasteiger partial charge in [0.05, 0.1) is 44.4 Å². The van der Waals surface area contributed by atoms with E-state index in [1.807, 2.05) is 48.5 Å². The van der Waals surface area contributed by atoms with Crippen LogP contribution in [0.2, 0.25) is 0 Å². The molecular weight excluding hydrogens is 482 g/mol. The number of ether oxygens (including phenoxy) is 4. The van der Waals surface area contributed by atoms with Crippen LogP contribution in [-0.2, 0) is 4.74 Å².